The van der Waals surface area contributed by atoms with Gasteiger partial charge in [-0.25, -0.2) is 0 Å². The van der Waals surface area contributed by atoms with Crippen LogP contribution in [0.2, 0.25) is 0 Å². The lowest BCUT2D eigenvalue weighted by molar-refractivity contribution is 0.0988. The molecule has 0 aliphatic carbocycles. The molecule has 0 aromatic heterocycles. The van der Waals surface area contributed by atoms with Gasteiger partial charge in [-0.2, -0.15) is 0 Å². The zero-order chi connectivity index (χ0) is 8.72. The van der Waals surface area contributed by atoms with Crippen molar-refractivity contribution in [1.82, 2.24) is 0 Å². The standard InChI is InChI=1S/C11H18O/c1-4-5-9-6-10-7(2)8(3)11(9)12-10/h9-11H,4-6H2,1-3H3. The number of rotatable bonds is 2. The Hall–Kier alpha value is -0.300. The molecule has 0 radical (unpaired) electrons. The van der Waals surface area contributed by atoms with Crippen molar-refractivity contribution < 1.29 is 4.74 Å². The smallest absolute Gasteiger partial charge is 0.0823 e. The summed E-state index contributed by atoms with van der Waals surface area (Å²) in [6, 6.07) is 0. The molecule has 2 heterocycles. The summed E-state index contributed by atoms with van der Waals surface area (Å²) in [4.78, 5) is 0. The van der Waals surface area contributed by atoms with E-state index in [9.17, 15) is 0 Å². The van der Waals surface area contributed by atoms with Gasteiger partial charge in [-0.15, -0.1) is 0 Å². The molecule has 0 aromatic carbocycles. The SMILES string of the molecule is CCCC1CC2OC1C(C)=C2C. The van der Waals surface area contributed by atoms with E-state index in [0.29, 0.717) is 12.2 Å². The van der Waals surface area contributed by atoms with E-state index in [1.165, 1.54) is 30.4 Å². The summed E-state index contributed by atoms with van der Waals surface area (Å²) in [5, 5.41) is 0. The van der Waals surface area contributed by atoms with Crippen LogP contribution in [-0.2, 0) is 4.74 Å². The van der Waals surface area contributed by atoms with E-state index in [1.807, 2.05) is 0 Å². The fourth-order valence-electron chi connectivity index (χ4n) is 2.60. The molecule has 1 saturated heterocycles. The van der Waals surface area contributed by atoms with Crippen LogP contribution in [0.3, 0.4) is 0 Å². The first kappa shape index (κ1) is 8.31. The maximum absolute atomic E-state index is 5.89. The van der Waals surface area contributed by atoms with Crippen molar-refractivity contribution in [1.29, 1.82) is 0 Å². The molecule has 12 heavy (non-hydrogen) atoms. The van der Waals surface area contributed by atoms with Gasteiger partial charge in [0.05, 0.1) is 12.2 Å². The van der Waals surface area contributed by atoms with Gasteiger partial charge in [0, 0.05) is 0 Å². The lowest BCUT2D eigenvalue weighted by Crippen LogP contribution is -2.18. The van der Waals surface area contributed by atoms with Crippen LogP contribution in [0.25, 0.3) is 0 Å². The third-order valence-electron chi connectivity index (χ3n) is 3.45. The van der Waals surface area contributed by atoms with Gasteiger partial charge in [0.1, 0.15) is 0 Å². The Labute approximate surface area is 74.8 Å². The van der Waals surface area contributed by atoms with Crippen molar-refractivity contribution in [2.75, 3.05) is 0 Å². The van der Waals surface area contributed by atoms with Gasteiger partial charge < -0.3 is 4.74 Å². The molecule has 3 unspecified atom stereocenters. The van der Waals surface area contributed by atoms with E-state index >= 15 is 0 Å². The summed E-state index contributed by atoms with van der Waals surface area (Å²) in [7, 11) is 0. The van der Waals surface area contributed by atoms with Gasteiger partial charge in [-0.3, -0.25) is 0 Å². The Kier molecular flexibility index (Phi) is 1.99. The Balaban J connectivity index is 2.11. The van der Waals surface area contributed by atoms with E-state index in [0.717, 1.165) is 5.92 Å². The molecule has 2 aliphatic rings. The van der Waals surface area contributed by atoms with Gasteiger partial charge in [-0.05, 0) is 43.8 Å². The molecule has 0 aromatic rings. The van der Waals surface area contributed by atoms with Crippen molar-refractivity contribution in [3.05, 3.63) is 11.1 Å². The zero-order valence-electron chi connectivity index (χ0n) is 8.26. The maximum atomic E-state index is 5.89. The fraction of sp³-hybridized carbons (Fsp3) is 0.818. The predicted octanol–water partition coefficient (Wildman–Crippen LogP) is 2.91. The molecule has 0 saturated carbocycles. The molecule has 3 atom stereocenters. The summed E-state index contributed by atoms with van der Waals surface area (Å²) in [6.07, 6.45) is 4.87. The van der Waals surface area contributed by atoms with Crippen LogP contribution in [0.1, 0.15) is 40.0 Å². The maximum Gasteiger partial charge on any atom is 0.0823 e. The fourth-order valence-corrected chi connectivity index (χ4v) is 2.60. The second kappa shape index (κ2) is 2.88. The molecule has 1 fully saturated rings. The molecule has 1 nitrogen and oxygen atoms in total. The highest BCUT2D eigenvalue weighted by Gasteiger charge is 2.42. The monoisotopic (exact) mass is 166 g/mol. The Morgan fingerprint density at radius 3 is 2.58 bits per heavy atom. The summed E-state index contributed by atoms with van der Waals surface area (Å²) in [5.74, 6) is 0.823. The highest BCUT2D eigenvalue weighted by molar-refractivity contribution is 5.28. The third kappa shape index (κ3) is 1.03. The lowest BCUT2D eigenvalue weighted by Gasteiger charge is -2.19. The van der Waals surface area contributed by atoms with E-state index in [-0.39, 0.29) is 0 Å². The first-order chi connectivity index (χ1) is 5.74. The average molecular weight is 166 g/mol. The molecule has 0 N–H and O–H groups in total. The molecule has 68 valence electrons. The summed E-state index contributed by atoms with van der Waals surface area (Å²) in [6.45, 7) is 6.72. The van der Waals surface area contributed by atoms with Gasteiger partial charge in [0.25, 0.3) is 0 Å². The van der Waals surface area contributed by atoms with Crippen LogP contribution in [-0.4, -0.2) is 12.2 Å². The number of hydrogen-bond acceptors (Lipinski definition) is 1. The van der Waals surface area contributed by atoms with Crippen LogP contribution in [0, 0.1) is 5.92 Å². The van der Waals surface area contributed by atoms with Crippen molar-refractivity contribution >= 4 is 0 Å². The normalized spacial score (nSPS) is 39.8. The van der Waals surface area contributed by atoms with E-state index in [1.54, 1.807) is 0 Å². The minimum Gasteiger partial charge on any atom is -0.366 e. The Bertz CT molecular complexity index is 217. The quantitative estimate of drug-likeness (QED) is 0.573. The van der Waals surface area contributed by atoms with Crippen LogP contribution in [0.5, 0.6) is 0 Å². The van der Waals surface area contributed by atoms with Gasteiger partial charge in [-0.1, -0.05) is 13.3 Å². The van der Waals surface area contributed by atoms with Crippen LogP contribution in [0.15, 0.2) is 11.1 Å². The molecule has 2 rings (SSSR count). The van der Waals surface area contributed by atoms with Crippen molar-refractivity contribution in [2.45, 2.75) is 52.2 Å². The molecule has 0 spiro atoms. The van der Waals surface area contributed by atoms with E-state index in [2.05, 4.69) is 20.8 Å². The molecular weight excluding hydrogens is 148 g/mol. The highest BCUT2D eigenvalue weighted by Crippen LogP contribution is 2.44. The summed E-state index contributed by atoms with van der Waals surface area (Å²) >= 11 is 0. The minimum absolute atomic E-state index is 0.478. The topological polar surface area (TPSA) is 9.23 Å². The Morgan fingerprint density at radius 1 is 1.33 bits per heavy atom. The Morgan fingerprint density at radius 2 is 2.08 bits per heavy atom. The highest BCUT2D eigenvalue weighted by atomic mass is 16.5. The van der Waals surface area contributed by atoms with E-state index in [4.69, 9.17) is 4.74 Å². The van der Waals surface area contributed by atoms with Gasteiger partial charge in [0.2, 0.25) is 0 Å². The van der Waals surface area contributed by atoms with Crippen LogP contribution in [0.4, 0.5) is 0 Å². The van der Waals surface area contributed by atoms with Crippen LogP contribution >= 0.6 is 0 Å². The molecular formula is C11H18O. The first-order valence-electron chi connectivity index (χ1n) is 5.06. The second-order valence-corrected chi connectivity index (χ2v) is 4.20. The minimum atomic E-state index is 0.478. The van der Waals surface area contributed by atoms with Gasteiger partial charge in [0.15, 0.2) is 0 Å². The molecule has 0 amide bonds. The lowest BCUT2D eigenvalue weighted by atomic mass is 9.83. The number of fused-ring (bicyclic) bond motifs is 2. The largest absolute Gasteiger partial charge is 0.366 e. The molecule has 2 bridgehead atoms. The predicted molar refractivity (Wildman–Crippen MR) is 50.1 cm³/mol. The average Bonchev–Trinajstić information content (AvgIpc) is 2.55. The summed E-state index contributed by atoms with van der Waals surface area (Å²) in [5.41, 5.74) is 3.03. The van der Waals surface area contributed by atoms with Crippen molar-refractivity contribution in [3.8, 4) is 0 Å². The third-order valence-corrected chi connectivity index (χ3v) is 3.45. The van der Waals surface area contributed by atoms with Crippen LogP contribution < -0.4 is 0 Å². The molecule has 1 heteroatoms. The zero-order valence-corrected chi connectivity index (χ0v) is 8.26. The van der Waals surface area contributed by atoms with Gasteiger partial charge >= 0.3 is 0 Å². The number of hydrogen-bond donors (Lipinski definition) is 0. The van der Waals surface area contributed by atoms with Crippen molar-refractivity contribution in [2.24, 2.45) is 5.92 Å². The summed E-state index contributed by atoms with van der Waals surface area (Å²) < 4.78 is 5.89. The van der Waals surface area contributed by atoms with Crippen molar-refractivity contribution in [3.63, 3.8) is 0 Å². The van der Waals surface area contributed by atoms with E-state index < -0.39 is 0 Å². The number of ether oxygens (including phenoxy) is 1. The molecule has 2 aliphatic heterocycles. The first-order valence-corrected chi connectivity index (χ1v) is 5.06. The second-order valence-electron chi connectivity index (χ2n) is 4.20.